The van der Waals surface area contributed by atoms with Crippen LogP contribution in [-0.4, -0.2) is 16.0 Å². The van der Waals surface area contributed by atoms with Gasteiger partial charge in [-0.1, -0.05) is 40.9 Å². The number of anilines is 1. The van der Waals surface area contributed by atoms with Crippen molar-refractivity contribution in [3.05, 3.63) is 81.8 Å². The van der Waals surface area contributed by atoms with Crippen molar-refractivity contribution in [3.8, 4) is 11.5 Å². The molecule has 0 aliphatic rings. The van der Waals surface area contributed by atoms with Crippen molar-refractivity contribution in [2.24, 2.45) is 0 Å². The molecule has 0 atom stereocenters. The molecule has 1 amide bonds. The van der Waals surface area contributed by atoms with Gasteiger partial charge in [-0.05, 0) is 67.7 Å². The fraction of sp³-hybridized carbons (Fsp3) is 0.0455. The van der Waals surface area contributed by atoms with E-state index >= 15 is 0 Å². The Labute approximate surface area is 188 Å². The molecule has 0 unspecified atom stereocenters. The molecule has 1 heterocycles. The number of nitrogens with one attached hydrogen (secondary N) is 2. The molecule has 0 saturated heterocycles. The third-order valence-corrected chi connectivity index (χ3v) is 5.08. The molecule has 30 heavy (non-hydrogen) atoms. The van der Waals surface area contributed by atoms with Crippen LogP contribution in [0.5, 0.6) is 0 Å². The van der Waals surface area contributed by atoms with Crippen molar-refractivity contribution in [1.29, 1.82) is 0 Å². The van der Waals surface area contributed by atoms with E-state index in [2.05, 4.69) is 15.6 Å². The van der Waals surface area contributed by atoms with Gasteiger partial charge in [-0.15, -0.1) is 0 Å². The normalized spacial score (nSPS) is 10.8. The molecule has 0 bridgehead atoms. The number of benzene rings is 3. The zero-order chi connectivity index (χ0) is 21.3. The summed E-state index contributed by atoms with van der Waals surface area (Å²) in [6.45, 7) is 1.92. The van der Waals surface area contributed by atoms with Gasteiger partial charge in [-0.2, -0.15) is 0 Å². The molecule has 0 saturated carbocycles. The van der Waals surface area contributed by atoms with Gasteiger partial charge in [0.2, 0.25) is 5.89 Å². The molecule has 0 spiro atoms. The van der Waals surface area contributed by atoms with E-state index in [4.69, 9.17) is 39.8 Å². The second kappa shape index (κ2) is 8.44. The van der Waals surface area contributed by atoms with Crippen LogP contribution in [0.2, 0.25) is 10.0 Å². The van der Waals surface area contributed by atoms with Crippen LogP contribution in [-0.2, 0) is 0 Å². The standard InChI is InChI=1S/C22H15Cl2N3O2S/c1-12-3-2-4-13(9-12)20(28)27-22(30)25-15-6-7-17(24)16(11-15)21-26-18-10-14(23)5-8-19(18)29-21/h2-11H,1H3,(H2,25,27,28,30). The number of rotatable bonds is 3. The molecule has 8 heteroatoms. The Kier molecular flexibility index (Phi) is 5.72. The molecule has 2 N–H and O–H groups in total. The number of fused-ring (bicyclic) bond motifs is 1. The predicted octanol–water partition coefficient (Wildman–Crippen LogP) is 6.24. The number of carbonyl (C=O) groups excluding carboxylic acids is 1. The Balaban J connectivity index is 1.54. The first-order valence-corrected chi connectivity index (χ1v) is 10.1. The van der Waals surface area contributed by atoms with Crippen LogP contribution in [0.1, 0.15) is 15.9 Å². The average molecular weight is 456 g/mol. The van der Waals surface area contributed by atoms with E-state index in [9.17, 15) is 4.79 Å². The van der Waals surface area contributed by atoms with E-state index in [1.54, 1.807) is 48.5 Å². The van der Waals surface area contributed by atoms with E-state index < -0.39 is 0 Å². The second-order valence-corrected chi connectivity index (χ2v) is 7.86. The van der Waals surface area contributed by atoms with Gasteiger partial charge in [0.05, 0.1) is 10.6 Å². The molecule has 5 nitrogen and oxygen atoms in total. The fourth-order valence-corrected chi connectivity index (χ4v) is 3.48. The number of aryl methyl sites for hydroxylation is 1. The van der Waals surface area contributed by atoms with Crippen LogP contribution in [0.15, 0.2) is 65.1 Å². The molecule has 0 aliphatic carbocycles. The lowest BCUT2D eigenvalue weighted by Crippen LogP contribution is -2.34. The van der Waals surface area contributed by atoms with Crippen LogP contribution in [0.4, 0.5) is 5.69 Å². The van der Waals surface area contributed by atoms with Crippen LogP contribution in [0.3, 0.4) is 0 Å². The Morgan fingerprint density at radius 1 is 1.07 bits per heavy atom. The highest BCUT2D eigenvalue weighted by Crippen LogP contribution is 2.33. The van der Waals surface area contributed by atoms with E-state index in [0.29, 0.717) is 43.9 Å². The number of halogens is 2. The topological polar surface area (TPSA) is 67.2 Å². The fourth-order valence-electron chi connectivity index (χ4n) is 2.91. The minimum absolute atomic E-state index is 0.166. The van der Waals surface area contributed by atoms with Gasteiger partial charge in [0.1, 0.15) is 5.52 Å². The molecule has 0 aliphatic heterocycles. The molecular weight excluding hydrogens is 441 g/mol. The summed E-state index contributed by atoms with van der Waals surface area (Å²) < 4.78 is 5.80. The monoisotopic (exact) mass is 455 g/mol. The van der Waals surface area contributed by atoms with E-state index in [1.807, 2.05) is 19.1 Å². The summed E-state index contributed by atoms with van der Waals surface area (Å²) in [7, 11) is 0. The summed E-state index contributed by atoms with van der Waals surface area (Å²) in [4.78, 5) is 16.8. The number of carbonyl (C=O) groups is 1. The highest BCUT2D eigenvalue weighted by atomic mass is 35.5. The number of aromatic nitrogens is 1. The zero-order valence-electron chi connectivity index (χ0n) is 15.7. The third-order valence-electron chi connectivity index (χ3n) is 4.31. The van der Waals surface area contributed by atoms with Gasteiger partial charge in [0, 0.05) is 16.3 Å². The number of oxazole rings is 1. The third kappa shape index (κ3) is 4.46. The summed E-state index contributed by atoms with van der Waals surface area (Å²) in [6, 6.07) is 17.6. The first-order valence-electron chi connectivity index (χ1n) is 8.94. The highest BCUT2D eigenvalue weighted by molar-refractivity contribution is 7.80. The van der Waals surface area contributed by atoms with Gasteiger partial charge >= 0.3 is 0 Å². The van der Waals surface area contributed by atoms with Crippen LogP contribution >= 0.6 is 35.4 Å². The molecule has 0 fully saturated rings. The number of hydrogen-bond acceptors (Lipinski definition) is 4. The number of nitrogens with zero attached hydrogens (tertiary/aromatic N) is 1. The van der Waals surface area contributed by atoms with Gasteiger partial charge in [0.25, 0.3) is 5.91 Å². The van der Waals surface area contributed by atoms with Crippen molar-refractivity contribution >= 4 is 63.2 Å². The lowest BCUT2D eigenvalue weighted by Gasteiger charge is -2.11. The van der Waals surface area contributed by atoms with Gasteiger partial charge in [-0.3, -0.25) is 10.1 Å². The first-order chi connectivity index (χ1) is 14.4. The van der Waals surface area contributed by atoms with Crippen molar-refractivity contribution in [2.75, 3.05) is 5.32 Å². The molecule has 4 aromatic rings. The molecule has 1 aromatic heterocycles. The summed E-state index contributed by atoms with van der Waals surface area (Å²) in [5.41, 5.74) is 3.97. The van der Waals surface area contributed by atoms with Crippen molar-refractivity contribution in [2.45, 2.75) is 6.92 Å². The summed E-state index contributed by atoms with van der Waals surface area (Å²) >= 11 is 17.6. The van der Waals surface area contributed by atoms with E-state index in [0.717, 1.165) is 5.56 Å². The maximum absolute atomic E-state index is 12.4. The minimum Gasteiger partial charge on any atom is -0.436 e. The maximum Gasteiger partial charge on any atom is 0.257 e. The second-order valence-electron chi connectivity index (χ2n) is 6.60. The average Bonchev–Trinajstić information content (AvgIpc) is 3.12. The quantitative estimate of drug-likeness (QED) is 0.358. The molecule has 150 valence electrons. The lowest BCUT2D eigenvalue weighted by atomic mass is 10.1. The van der Waals surface area contributed by atoms with Crippen molar-refractivity contribution in [1.82, 2.24) is 10.3 Å². The number of hydrogen-bond donors (Lipinski definition) is 2. The van der Waals surface area contributed by atoms with Gasteiger partial charge in [0.15, 0.2) is 10.7 Å². The maximum atomic E-state index is 12.4. The van der Waals surface area contributed by atoms with Crippen molar-refractivity contribution < 1.29 is 9.21 Å². The van der Waals surface area contributed by atoms with Crippen LogP contribution in [0, 0.1) is 6.92 Å². The Hall–Kier alpha value is -2.93. The highest BCUT2D eigenvalue weighted by Gasteiger charge is 2.14. The SMILES string of the molecule is Cc1cccc(C(=O)NC(=S)Nc2ccc(Cl)c(-c3nc4cc(Cl)ccc4o3)c2)c1. The van der Waals surface area contributed by atoms with Crippen LogP contribution < -0.4 is 10.6 Å². The van der Waals surface area contributed by atoms with E-state index in [1.165, 1.54) is 0 Å². The molecule has 0 radical (unpaired) electrons. The zero-order valence-corrected chi connectivity index (χ0v) is 18.0. The molecule has 3 aromatic carbocycles. The lowest BCUT2D eigenvalue weighted by molar-refractivity contribution is 0.0977. The largest absolute Gasteiger partial charge is 0.436 e. The van der Waals surface area contributed by atoms with Crippen LogP contribution in [0.25, 0.3) is 22.6 Å². The first kappa shape index (κ1) is 20.3. The molecular formula is C22H15Cl2N3O2S. The summed E-state index contributed by atoms with van der Waals surface area (Å²) in [5, 5.41) is 6.86. The van der Waals surface area contributed by atoms with Crippen molar-refractivity contribution in [3.63, 3.8) is 0 Å². The predicted molar refractivity (Wildman–Crippen MR) is 124 cm³/mol. The van der Waals surface area contributed by atoms with E-state index in [-0.39, 0.29) is 11.0 Å². The Bertz CT molecular complexity index is 1290. The number of amides is 1. The Morgan fingerprint density at radius 3 is 2.70 bits per heavy atom. The number of thiocarbonyl (C=S) groups is 1. The van der Waals surface area contributed by atoms with Gasteiger partial charge < -0.3 is 9.73 Å². The Morgan fingerprint density at radius 2 is 1.90 bits per heavy atom. The molecule has 4 rings (SSSR count). The minimum atomic E-state index is -0.291. The smallest absolute Gasteiger partial charge is 0.257 e. The summed E-state index contributed by atoms with van der Waals surface area (Å²) in [6.07, 6.45) is 0. The van der Waals surface area contributed by atoms with Gasteiger partial charge in [-0.25, -0.2) is 4.98 Å². The summed E-state index contributed by atoms with van der Waals surface area (Å²) in [5.74, 6) is 0.0665.